The summed E-state index contributed by atoms with van der Waals surface area (Å²) in [5.74, 6) is -1.05. The number of nitrogens with zero attached hydrogens (tertiary/aromatic N) is 2. The average Bonchev–Trinajstić information content (AvgIpc) is 2.85. The molecule has 2 aromatic rings. The molecule has 0 saturated heterocycles. The molecule has 0 spiro atoms. The van der Waals surface area contributed by atoms with Gasteiger partial charge in [0.15, 0.2) is 0 Å². The van der Waals surface area contributed by atoms with Crippen molar-refractivity contribution in [3.63, 3.8) is 0 Å². The van der Waals surface area contributed by atoms with Gasteiger partial charge in [0, 0.05) is 16.5 Å². The minimum Gasteiger partial charge on any atom is -0.480 e. The molecule has 7 heteroatoms. The molecular weight excluding hydrogens is 364 g/mol. The Kier molecular flexibility index (Phi) is 6.03. The molecule has 0 aliphatic carbocycles. The van der Waals surface area contributed by atoms with Crippen LogP contribution in [-0.2, 0) is 21.2 Å². The Bertz CT molecular complexity index is 1130. The molecular formula is C20H20N2O4S. The standard InChI is InChI=1S/C20H20N2O4S/c1-4-6-16(12-21)7-5-10-27(25,26)20-15(3)22(13-19(23)24)18-9-8-14(2)11-17(18)20/h4-11H,13H2,1-3H3,(H,23,24)/b6-4-,10-5+,16-7+. The molecule has 0 fully saturated rings. The largest absolute Gasteiger partial charge is 0.480 e. The summed E-state index contributed by atoms with van der Waals surface area (Å²) >= 11 is 0. The summed E-state index contributed by atoms with van der Waals surface area (Å²) in [6.45, 7) is 4.86. The molecule has 0 bridgehead atoms. The van der Waals surface area contributed by atoms with Crippen molar-refractivity contribution in [3.05, 3.63) is 64.7 Å². The van der Waals surface area contributed by atoms with E-state index in [9.17, 15) is 13.2 Å². The van der Waals surface area contributed by atoms with Crippen LogP contribution >= 0.6 is 0 Å². The lowest BCUT2D eigenvalue weighted by Gasteiger charge is -2.04. The van der Waals surface area contributed by atoms with Crippen LogP contribution in [0.3, 0.4) is 0 Å². The van der Waals surface area contributed by atoms with Crippen molar-refractivity contribution in [2.75, 3.05) is 0 Å². The fraction of sp³-hybridized carbons (Fsp3) is 0.200. The summed E-state index contributed by atoms with van der Waals surface area (Å²) < 4.78 is 27.3. The second-order valence-corrected chi connectivity index (χ2v) is 7.79. The summed E-state index contributed by atoms with van der Waals surface area (Å²) in [6.07, 6.45) is 5.98. The number of carbonyl (C=O) groups is 1. The molecule has 0 atom stereocenters. The van der Waals surface area contributed by atoms with Gasteiger partial charge in [-0.3, -0.25) is 4.79 Å². The van der Waals surface area contributed by atoms with Gasteiger partial charge in [-0.15, -0.1) is 0 Å². The normalized spacial score (nSPS) is 12.9. The van der Waals surface area contributed by atoms with E-state index in [1.165, 1.54) is 16.7 Å². The topological polar surface area (TPSA) is 100 Å². The van der Waals surface area contributed by atoms with Crippen LogP contribution in [0.25, 0.3) is 10.9 Å². The molecule has 0 radical (unpaired) electrons. The highest BCUT2D eigenvalue weighted by atomic mass is 32.2. The lowest BCUT2D eigenvalue weighted by atomic mass is 10.2. The van der Waals surface area contributed by atoms with Gasteiger partial charge in [-0.05, 0) is 51.1 Å². The Morgan fingerprint density at radius 1 is 1.33 bits per heavy atom. The summed E-state index contributed by atoms with van der Waals surface area (Å²) in [7, 11) is -3.84. The van der Waals surface area contributed by atoms with Gasteiger partial charge in [-0.2, -0.15) is 5.26 Å². The molecule has 0 aliphatic rings. The molecule has 1 aromatic heterocycles. The van der Waals surface area contributed by atoms with E-state index in [-0.39, 0.29) is 11.4 Å². The number of carboxylic acid groups (broad SMARTS) is 1. The number of carboxylic acids is 1. The van der Waals surface area contributed by atoms with Crippen molar-refractivity contribution in [2.24, 2.45) is 0 Å². The summed E-state index contributed by atoms with van der Waals surface area (Å²) in [6, 6.07) is 7.23. The van der Waals surface area contributed by atoms with Crippen LogP contribution in [0, 0.1) is 25.2 Å². The molecule has 0 unspecified atom stereocenters. The van der Waals surface area contributed by atoms with E-state index in [1.54, 1.807) is 38.1 Å². The van der Waals surface area contributed by atoms with Gasteiger partial charge < -0.3 is 9.67 Å². The maximum Gasteiger partial charge on any atom is 0.323 e. The Morgan fingerprint density at radius 3 is 2.63 bits per heavy atom. The first-order valence-electron chi connectivity index (χ1n) is 8.18. The van der Waals surface area contributed by atoms with Gasteiger partial charge >= 0.3 is 5.97 Å². The molecule has 0 amide bonds. The monoisotopic (exact) mass is 384 g/mol. The van der Waals surface area contributed by atoms with E-state index in [0.29, 0.717) is 22.2 Å². The molecule has 140 valence electrons. The lowest BCUT2D eigenvalue weighted by Crippen LogP contribution is -2.10. The highest BCUT2D eigenvalue weighted by Crippen LogP contribution is 2.32. The zero-order chi connectivity index (χ0) is 20.2. The summed E-state index contributed by atoms with van der Waals surface area (Å²) in [5, 5.41) is 19.7. The predicted molar refractivity (Wildman–Crippen MR) is 104 cm³/mol. The molecule has 0 aliphatic heterocycles. The van der Waals surface area contributed by atoms with E-state index in [1.807, 2.05) is 19.1 Å². The van der Waals surface area contributed by atoms with E-state index in [0.717, 1.165) is 11.0 Å². The van der Waals surface area contributed by atoms with Crippen molar-refractivity contribution in [1.29, 1.82) is 5.26 Å². The number of nitriles is 1. The minimum absolute atomic E-state index is 0.0802. The molecule has 2 rings (SSSR count). The molecule has 0 saturated carbocycles. The maximum atomic E-state index is 12.9. The second kappa shape index (κ2) is 8.06. The summed E-state index contributed by atoms with van der Waals surface area (Å²) in [4.78, 5) is 11.3. The molecule has 1 heterocycles. The minimum atomic E-state index is -3.84. The van der Waals surface area contributed by atoms with E-state index >= 15 is 0 Å². The van der Waals surface area contributed by atoms with Crippen molar-refractivity contribution in [2.45, 2.75) is 32.2 Å². The maximum absolute atomic E-state index is 12.9. The van der Waals surface area contributed by atoms with Crippen LogP contribution in [0.15, 0.2) is 58.4 Å². The lowest BCUT2D eigenvalue weighted by molar-refractivity contribution is -0.137. The Morgan fingerprint density at radius 2 is 2.04 bits per heavy atom. The number of rotatable bonds is 6. The van der Waals surface area contributed by atoms with Crippen molar-refractivity contribution < 1.29 is 18.3 Å². The van der Waals surface area contributed by atoms with Gasteiger partial charge in [-0.25, -0.2) is 8.42 Å². The third kappa shape index (κ3) is 4.36. The predicted octanol–water partition coefficient (Wildman–Crippen LogP) is 3.66. The number of aliphatic carboxylic acids is 1. The Balaban J connectivity index is 2.66. The first-order valence-corrected chi connectivity index (χ1v) is 9.73. The Hall–Kier alpha value is -3.11. The highest BCUT2D eigenvalue weighted by Gasteiger charge is 2.24. The van der Waals surface area contributed by atoms with E-state index < -0.39 is 15.8 Å². The van der Waals surface area contributed by atoms with Gasteiger partial charge in [0.2, 0.25) is 9.84 Å². The molecule has 1 aromatic carbocycles. The average molecular weight is 384 g/mol. The third-order valence-electron chi connectivity index (χ3n) is 4.01. The SMILES string of the molecule is C\C=C/C(C#N)=C\C=C\S(=O)(=O)c1c(C)n(CC(=O)O)c2ccc(C)cc12. The molecule has 1 N–H and O–H groups in total. The van der Waals surface area contributed by atoms with Crippen LogP contribution in [0.2, 0.25) is 0 Å². The number of hydrogen-bond donors (Lipinski definition) is 1. The van der Waals surface area contributed by atoms with Gasteiger partial charge in [0.1, 0.15) is 6.54 Å². The second-order valence-electron chi connectivity index (χ2n) is 6.02. The number of sulfone groups is 1. The Labute approximate surface area is 158 Å². The number of benzene rings is 1. The van der Waals surface area contributed by atoms with Gasteiger partial charge in [0.25, 0.3) is 0 Å². The van der Waals surface area contributed by atoms with Gasteiger partial charge in [0.05, 0.1) is 22.1 Å². The van der Waals surface area contributed by atoms with Crippen LogP contribution in [-0.4, -0.2) is 24.1 Å². The number of allylic oxidation sites excluding steroid dienone is 5. The third-order valence-corrected chi connectivity index (χ3v) is 5.61. The molecule has 27 heavy (non-hydrogen) atoms. The smallest absolute Gasteiger partial charge is 0.323 e. The van der Waals surface area contributed by atoms with E-state index in [2.05, 4.69) is 0 Å². The van der Waals surface area contributed by atoms with Crippen LogP contribution in [0.1, 0.15) is 18.2 Å². The summed E-state index contributed by atoms with van der Waals surface area (Å²) in [5.41, 5.74) is 2.11. The first-order chi connectivity index (χ1) is 12.7. The fourth-order valence-electron chi connectivity index (χ4n) is 2.89. The highest BCUT2D eigenvalue weighted by molar-refractivity contribution is 7.94. The van der Waals surface area contributed by atoms with E-state index in [4.69, 9.17) is 10.4 Å². The van der Waals surface area contributed by atoms with Crippen LogP contribution < -0.4 is 0 Å². The first kappa shape index (κ1) is 20.2. The van der Waals surface area contributed by atoms with Crippen molar-refractivity contribution >= 4 is 26.7 Å². The number of aryl methyl sites for hydroxylation is 1. The quantitative estimate of drug-likeness (QED) is 0.605. The van der Waals surface area contributed by atoms with Crippen LogP contribution in [0.4, 0.5) is 0 Å². The number of hydrogen-bond acceptors (Lipinski definition) is 4. The van der Waals surface area contributed by atoms with Crippen molar-refractivity contribution in [1.82, 2.24) is 4.57 Å². The van der Waals surface area contributed by atoms with Gasteiger partial charge in [-0.1, -0.05) is 17.7 Å². The fourth-order valence-corrected chi connectivity index (χ4v) is 4.30. The molecule has 6 nitrogen and oxygen atoms in total. The van der Waals surface area contributed by atoms with Crippen molar-refractivity contribution in [3.8, 4) is 6.07 Å². The number of aromatic nitrogens is 1. The van der Waals surface area contributed by atoms with Crippen LogP contribution in [0.5, 0.6) is 0 Å². The zero-order valence-electron chi connectivity index (χ0n) is 15.3. The zero-order valence-corrected chi connectivity index (χ0v) is 16.1. The number of fused-ring (bicyclic) bond motifs is 1.